The molecule has 2 heterocycles. The number of hydrogen-bond donors (Lipinski definition) is 1. The Balaban J connectivity index is 2.01. The lowest BCUT2D eigenvalue weighted by molar-refractivity contribution is 0.0580. The first-order valence-electron chi connectivity index (χ1n) is 7.53. The van der Waals surface area contributed by atoms with Crippen molar-refractivity contribution in [1.82, 2.24) is 4.57 Å². The summed E-state index contributed by atoms with van der Waals surface area (Å²) in [5.41, 5.74) is 0.484. The second-order valence-electron chi connectivity index (χ2n) is 5.93. The van der Waals surface area contributed by atoms with E-state index in [-0.39, 0.29) is 17.7 Å². The Bertz CT molecular complexity index is 920. The van der Waals surface area contributed by atoms with Crippen molar-refractivity contribution in [3.8, 4) is 22.8 Å². The van der Waals surface area contributed by atoms with Gasteiger partial charge in [-0.3, -0.25) is 4.79 Å². The van der Waals surface area contributed by atoms with Crippen LogP contribution < -0.4 is 14.9 Å². The van der Waals surface area contributed by atoms with Crippen molar-refractivity contribution >= 4 is 17.6 Å². The molecule has 0 saturated heterocycles. The average molecular weight is 348 g/mol. The monoisotopic (exact) mass is 347 g/mol. The van der Waals surface area contributed by atoms with Gasteiger partial charge in [0.15, 0.2) is 5.43 Å². The van der Waals surface area contributed by atoms with Gasteiger partial charge in [0.05, 0.1) is 23.9 Å². The highest BCUT2D eigenvalue weighted by atomic mass is 35.5. The fourth-order valence-electron chi connectivity index (χ4n) is 3.26. The number of rotatable bonds is 2. The fraction of sp³-hybridized carbons (Fsp3) is 0.294. The first-order valence-corrected chi connectivity index (χ1v) is 7.91. The van der Waals surface area contributed by atoms with E-state index in [1.807, 2.05) is 4.57 Å². The summed E-state index contributed by atoms with van der Waals surface area (Å²) in [5.74, 6) is -0.159. The number of ether oxygens (including phenoxy) is 2. The molecule has 0 bridgehead atoms. The lowest BCUT2D eigenvalue weighted by Gasteiger charge is -2.37. The van der Waals surface area contributed by atoms with Crippen molar-refractivity contribution in [2.45, 2.75) is 25.0 Å². The molecule has 1 N–H and O–H groups in total. The maximum Gasteiger partial charge on any atom is 0.341 e. The number of methoxy groups -OCH3 is 1. The van der Waals surface area contributed by atoms with E-state index >= 15 is 0 Å². The van der Waals surface area contributed by atoms with Crippen LogP contribution in [-0.2, 0) is 0 Å². The standard InChI is InChI=1S/C17H14ClNO5/c1-23-16-6-15-8(4-10(16)18)12-5-13(20)9(17(21)22)7-19(12)11-2-3-14(11)24-15/h4-7,11,14H,2-3H2,1H3,(H,21,22). The Kier molecular flexibility index (Phi) is 3.31. The molecule has 124 valence electrons. The summed E-state index contributed by atoms with van der Waals surface area (Å²) in [7, 11) is 1.52. The average Bonchev–Trinajstić information content (AvgIpc) is 2.60. The molecule has 2 aliphatic rings. The number of carboxylic acids is 1. The number of pyridine rings is 1. The Morgan fingerprint density at radius 2 is 2.17 bits per heavy atom. The summed E-state index contributed by atoms with van der Waals surface area (Å²) in [6, 6.07) is 4.73. The Hall–Kier alpha value is -2.47. The van der Waals surface area contributed by atoms with E-state index in [0.29, 0.717) is 27.8 Å². The molecule has 6 nitrogen and oxygen atoms in total. The third kappa shape index (κ3) is 2.10. The Morgan fingerprint density at radius 1 is 1.38 bits per heavy atom. The largest absolute Gasteiger partial charge is 0.495 e. The van der Waals surface area contributed by atoms with Crippen molar-refractivity contribution in [2.75, 3.05) is 7.11 Å². The van der Waals surface area contributed by atoms with Crippen molar-refractivity contribution < 1.29 is 19.4 Å². The summed E-state index contributed by atoms with van der Waals surface area (Å²) < 4.78 is 13.1. The van der Waals surface area contributed by atoms with Gasteiger partial charge in [-0.15, -0.1) is 0 Å². The molecule has 1 aromatic heterocycles. The lowest BCUT2D eigenvalue weighted by atomic mass is 9.88. The van der Waals surface area contributed by atoms with Gasteiger partial charge in [-0.2, -0.15) is 0 Å². The molecule has 0 radical (unpaired) electrons. The summed E-state index contributed by atoms with van der Waals surface area (Å²) in [6.45, 7) is 0. The minimum Gasteiger partial charge on any atom is -0.495 e. The number of fused-ring (bicyclic) bond motifs is 5. The third-order valence-corrected chi connectivity index (χ3v) is 4.95. The summed E-state index contributed by atoms with van der Waals surface area (Å²) in [6.07, 6.45) is 3.06. The third-order valence-electron chi connectivity index (χ3n) is 4.65. The van der Waals surface area contributed by atoms with Gasteiger partial charge in [0, 0.05) is 23.9 Å². The molecule has 1 fully saturated rings. The SMILES string of the molecule is COc1cc2c(cc1Cl)-c1cc(=O)c(C(=O)O)cn1C1CCC1O2. The van der Waals surface area contributed by atoms with Crippen LogP contribution in [0.15, 0.2) is 29.2 Å². The number of aromatic nitrogens is 1. The van der Waals surface area contributed by atoms with Gasteiger partial charge in [0.25, 0.3) is 0 Å². The van der Waals surface area contributed by atoms with Crippen LogP contribution >= 0.6 is 11.6 Å². The van der Waals surface area contributed by atoms with Gasteiger partial charge in [0.1, 0.15) is 23.2 Å². The maximum absolute atomic E-state index is 12.2. The second kappa shape index (κ2) is 5.27. The van der Waals surface area contributed by atoms with Crippen LogP contribution in [0, 0.1) is 0 Å². The number of nitrogens with zero attached hydrogens (tertiary/aromatic N) is 1. The van der Waals surface area contributed by atoms with Gasteiger partial charge in [-0.1, -0.05) is 11.6 Å². The molecule has 4 rings (SSSR count). The van der Waals surface area contributed by atoms with Gasteiger partial charge >= 0.3 is 5.97 Å². The zero-order valence-corrected chi connectivity index (χ0v) is 13.5. The number of carbonyl (C=O) groups is 1. The lowest BCUT2D eigenvalue weighted by Crippen LogP contribution is -2.38. The first kappa shape index (κ1) is 15.1. The number of aromatic carboxylic acids is 1. The zero-order valence-electron chi connectivity index (χ0n) is 12.8. The van der Waals surface area contributed by atoms with Crippen LogP contribution in [0.4, 0.5) is 0 Å². The van der Waals surface area contributed by atoms with Gasteiger partial charge < -0.3 is 19.1 Å². The maximum atomic E-state index is 12.2. The smallest absolute Gasteiger partial charge is 0.341 e. The topological polar surface area (TPSA) is 77.8 Å². The summed E-state index contributed by atoms with van der Waals surface area (Å²) in [5, 5.41) is 9.63. The molecule has 1 saturated carbocycles. The Labute approximate surface area is 142 Å². The van der Waals surface area contributed by atoms with Crippen LogP contribution in [0.3, 0.4) is 0 Å². The van der Waals surface area contributed by atoms with Crippen LogP contribution in [-0.4, -0.2) is 28.9 Å². The van der Waals surface area contributed by atoms with E-state index in [9.17, 15) is 14.7 Å². The van der Waals surface area contributed by atoms with Crippen LogP contribution in [0.25, 0.3) is 11.3 Å². The molecule has 1 aliphatic carbocycles. The van der Waals surface area contributed by atoms with E-state index in [2.05, 4.69) is 0 Å². The van der Waals surface area contributed by atoms with Crippen molar-refractivity contribution in [1.29, 1.82) is 0 Å². The van der Waals surface area contributed by atoms with Gasteiger partial charge in [-0.05, 0) is 18.9 Å². The predicted octanol–water partition coefficient (Wildman–Crippen LogP) is 2.97. The van der Waals surface area contributed by atoms with Gasteiger partial charge in [0.2, 0.25) is 0 Å². The fourth-order valence-corrected chi connectivity index (χ4v) is 3.50. The van der Waals surface area contributed by atoms with E-state index in [1.165, 1.54) is 19.4 Å². The molecule has 1 aromatic carbocycles. The number of hydrogen-bond acceptors (Lipinski definition) is 4. The van der Waals surface area contributed by atoms with Crippen molar-refractivity contribution in [3.05, 3.63) is 45.2 Å². The van der Waals surface area contributed by atoms with Gasteiger partial charge in [-0.25, -0.2) is 4.79 Å². The van der Waals surface area contributed by atoms with Crippen LogP contribution in [0.5, 0.6) is 11.5 Å². The minimum absolute atomic E-state index is 0.00382. The molecule has 7 heteroatoms. The van der Waals surface area contributed by atoms with E-state index in [1.54, 1.807) is 12.1 Å². The van der Waals surface area contributed by atoms with E-state index in [4.69, 9.17) is 21.1 Å². The van der Waals surface area contributed by atoms with Crippen LogP contribution in [0.1, 0.15) is 29.2 Å². The molecular formula is C17H14ClNO5. The molecule has 2 aromatic rings. The molecule has 0 amide bonds. The number of carboxylic acid groups (broad SMARTS) is 1. The quantitative estimate of drug-likeness (QED) is 0.903. The van der Waals surface area contributed by atoms with E-state index < -0.39 is 11.4 Å². The summed E-state index contributed by atoms with van der Waals surface area (Å²) >= 11 is 6.23. The number of halogens is 1. The molecule has 2 atom stereocenters. The van der Waals surface area contributed by atoms with Crippen molar-refractivity contribution in [3.63, 3.8) is 0 Å². The highest BCUT2D eigenvalue weighted by molar-refractivity contribution is 6.32. The molecular weight excluding hydrogens is 334 g/mol. The number of benzene rings is 1. The normalized spacial score (nSPS) is 20.6. The molecule has 2 unspecified atom stereocenters. The predicted molar refractivity (Wildman–Crippen MR) is 87.3 cm³/mol. The highest BCUT2D eigenvalue weighted by Crippen LogP contribution is 2.47. The zero-order chi connectivity index (χ0) is 17.0. The highest BCUT2D eigenvalue weighted by Gasteiger charge is 2.39. The second-order valence-corrected chi connectivity index (χ2v) is 6.34. The van der Waals surface area contributed by atoms with Crippen LogP contribution in [0.2, 0.25) is 5.02 Å². The van der Waals surface area contributed by atoms with E-state index in [0.717, 1.165) is 12.8 Å². The van der Waals surface area contributed by atoms with Crippen molar-refractivity contribution in [2.24, 2.45) is 0 Å². The molecule has 1 aliphatic heterocycles. The first-order chi connectivity index (χ1) is 11.5. The molecule has 0 spiro atoms. The molecule has 24 heavy (non-hydrogen) atoms. The Morgan fingerprint density at radius 3 is 2.79 bits per heavy atom. The summed E-state index contributed by atoms with van der Waals surface area (Å²) in [4.78, 5) is 23.5. The minimum atomic E-state index is -1.23.